The molecule has 3 fully saturated rings. The number of hydrogen-bond acceptors (Lipinski definition) is 5. The number of piperidine rings is 1. The number of imidazole rings is 1. The number of rotatable bonds is 6. The molecule has 1 aromatic carbocycles. The Bertz CT molecular complexity index is 1590. The van der Waals surface area contributed by atoms with Crippen LogP contribution < -0.4 is 10.5 Å². The Morgan fingerprint density at radius 3 is 2.44 bits per heavy atom. The van der Waals surface area contributed by atoms with Crippen LogP contribution in [0.2, 0.25) is 0 Å². The van der Waals surface area contributed by atoms with E-state index in [9.17, 15) is 9.18 Å². The molecular formula is C31H32FN5O2. The van der Waals surface area contributed by atoms with E-state index in [0.717, 1.165) is 28.0 Å². The predicted molar refractivity (Wildman–Crippen MR) is 146 cm³/mol. The summed E-state index contributed by atoms with van der Waals surface area (Å²) in [6.07, 6.45) is 6.41. The summed E-state index contributed by atoms with van der Waals surface area (Å²) in [6, 6.07) is 12.0. The smallest absolute Gasteiger partial charge is 0.255 e. The number of carbonyl (C=O) groups excluding carboxylic acids is 1. The fourth-order valence-corrected chi connectivity index (χ4v) is 5.82. The first-order valence-electron chi connectivity index (χ1n) is 13.7. The van der Waals surface area contributed by atoms with E-state index < -0.39 is 5.54 Å². The molecule has 0 bridgehead atoms. The van der Waals surface area contributed by atoms with Crippen molar-refractivity contribution in [3.05, 3.63) is 83.1 Å². The maximum Gasteiger partial charge on any atom is 0.255 e. The van der Waals surface area contributed by atoms with E-state index in [0.29, 0.717) is 36.1 Å². The molecule has 7 rings (SSSR count). The average molecular weight is 526 g/mol. The molecule has 4 aromatic rings. The summed E-state index contributed by atoms with van der Waals surface area (Å²) >= 11 is 0. The van der Waals surface area contributed by atoms with Crippen LogP contribution in [0.1, 0.15) is 59.8 Å². The van der Waals surface area contributed by atoms with Gasteiger partial charge in [0.1, 0.15) is 17.6 Å². The fraction of sp³-hybridized carbons (Fsp3) is 0.387. The van der Waals surface area contributed by atoms with Gasteiger partial charge in [-0.05, 0) is 81.1 Å². The zero-order chi connectivity index (χ0) is 27.1. The lowest BCUT2D eigenvalue weighted by Crippen LogP contribution is -2.33. The second-order valence-electron chi connectivity index (χ2n) is 12.0. The highest BCUT2D eigenvalue weighted by atomic mass is 19.1. The van der Waals surface area contributed by atoms with Gasteiger partial charge in [0, 0.05) is 60.4 Å². The van der Waals surface area contributed by atoms with E-state index >= 15 is 0 Å². The molecule has 1 saturated heterocycles. The van der Waals surface area contributed by atoms with Crippen LogP contribution in [0.5, 0.6) is 5.88 Å². The van der Waals surface area contributed by atoms with E-state index in [1.54, 1.807) is 12.1 Å². The second-order valence-corrected chi connectivity index (χ2v) is 12.0. The largest absolute Gasteiger partial charge is 0.474 e. The van der Waals surface area contributed by atoms with Crippen molar-refractivity contribution >= 4 is 11.6 Å². The van der Waals surface area contributed by atoms with Crippen LogP contribution in [0.25, 0.3) is 16.9 Å². The van der Waals surface area contributed by atoms with Gasteiger partial charge in [0.05, 0.1) is 17.0 Å². The molecule has 3 atom stereocenters. The minimum atomic E-state index is -0.591. The number of benzene rings is 1. The molecule has 8 heteroatoms. The number of aryl methyl sites for hydroxylation is 1. The van der Waals surface area contributed by atoms with Crippen molar-refractivity contribution in [2.45, 2.75) is 51.2 Å². The number of halogens is 1. The molecule has 1 amide bonds. The van der Waals surface area contributed by atoms with Crippen molar-refractivity contribution < 1.29 is 13.9 Å². The van der Waals surface area contributed by atoms with E-state index in [-0.39, 0.29) is 29.7 Å². The van der Waals surface area contributed by atoms with Crippen molar-refractivity contribution in [2.24, 2.45) is 17.6 Å². The van der Waals surface area contributed by atoms with Crippen LogP contribution in [0, 0.1) is 24.6 Å². The van der Waals surface area contributed by atoms with Crippen molar-refractivity contribution in [3.63, 3.8) is 0 Å². The molecule has 4 heterocycles. The maximum atomic E-state index is 13.5. The van der Waals surface area contributed by atoms with Gasteiger partial charge in [0.2, 0.25) is 5.88 Å². The van der Waals surface area contributed by atoms with Crippen LogP contribution in [-0.2, 0) is 5.54 Å². The summed E-state index contributed by atoms with van der Waals surface area (Å²) in [6.45, 7) is 7.22. The number of nitrogens with two attached hydrogens (primary N) is 1. The number of ether oxygens (including phenoxy) is 1. The minimum Gasteiger partial charge on any atom is -0.474 e. The average Bonchev–Trinajstić information content (AvgIpc) is 3.75. The lowest BCUT2D eigenvalue weighted by molar-refractivity contribution is 0.0751. The Balaban J connectivity index is 1.06. The monoisotopic (exact) mass is 525 g/mol. The van der Waals surface area contributed by atoms with Gasteiger partial charge in [0.25, 0.3) is 5.91 Å². The quantitative estimate of drug-likeness (QED) is 0.380. The van der Waals surface area contributed by atoms with Gasteiger partial charge in [-0.25, -0.2) is 14.4 Å². The summed E-state index contributed by atoms with van der Waals surface area (Å²) in [7, 11) is 0. The van der Waals surface area contributed by atoms with Crippen LogP contribution in [-0.4, -0.2) is 44.4 Å². The summed E-state index contributed by atoms with van der Waals surface area (Å²) in [4.78, 5) is 24.8. The van der Waals surface area contributed by atoms with E-state index in [2.05, 4.69) is 6.20 Å². The van der Waals surface area contributed by atoms with Gasteiger partial charge >= 0.3 is 0 Å². The molecule has 39 heavy (non-hydrogen) atoms. The fourth-order valence-electron chi connectivity index (χ4n) is 5.82. The van der Waals surface area contributed by atoms with Crippen LogP contribution in [0.3, 0.4) is 0 Å². The zero-order valence-electron chi connectivity index (χ0n) is 22.4. The third-order valence-corrected chi connectivity index (χ3v) is 8.34. The van der Waals surface area contributed by atoms with Crippen molar-refractivity contribution in [1.82, 2.24) is 19.3 Å². The third-order valence-electron chi connectivity index (χ3n) is 8.34. The molecule has 200 valence electrons. The first-order chi connectivity index (χ1) is 18.6. The Morgan fingerprint density at radius 2 is 1.77 bits per heavy atom. The predicted octanol–water partition coefficient (Wildman–Crippen LogP) is 5.06. The van der Waals surface area contributed by atoms with Gasteiger partial charge in [-0.3, -0.25) is 4.79 Å². The lowest BCUT2D eigenvalue weighted by atomic mass is 9.95. The number of aromatic nitrogens is 3. The SMILES string of the molecule is Cc1cc(C(=O)N2C[C@@H]3C(Oc4cc(C(C)(C)N)cc(-c5ccc(F)cc5)n4)[C@@H]3C2)cn2cc(C3CC3)nc12. The van der Waals surface area contributed by atoms with E-state index in [4.69, 9.17) is 20.4 Å². The van der Waals surface area contributed by atoms with Gasteiger partial charge in [-0.15, -0.1) is 0 Å². The summed E-state index contributed by atoms with van der Waals surface area (Å²) in [5, 5.41) is 0. The third kappa shape index (κ3) is 4.46. The molecule has 0 spiro atoms. The Morgan fingerprint density at radius 1 is 1.05 bits per heavy atom. The molecule has 1 unspecified atom stereocenters. The Hall–Kier alpha value is -3.78. The Kier molecular flexibility index (Phi) is 5.36. The first-order valence-corrected chi connectivity index (χ1v) is 13.7. The van der Waals surface area contributed by atoms with Gasteiger partial charge in [-0.2, -0.15) is 0 Å². The number of fused-ring (bicyclic) bond motifs is 2. The van der Waals surface area contributed by atoms with Crippen LogP contribution in [0.15, 0.2) is 54.9 Å². The lowest BCUT2D eigenvalue weighted by Gasteiger charge is -2.22. The Labute approximate surface area is 226 Å². The molecule has 0 radical (unpaired) electrons. The van der Waals surface area contributed by atoms with Crippen LogP contribution >= 0.6 is 0 Å². The molecule has 1 aliphatic heterocycles. The van der Waals surface area contributed by atoms with E-state index in [1.807, 2.05) is 54.5 Å². The number of carbonyl (C=O) groups is 1. The molecule has 2 N–H and O–H groups in total. The highest BCUT2D eigenvalue weighted by Crippen LogP contribution is 2.48. The number of pyridine rings is 2. The summed E-state index contributed by atoms with van der Waals surface area (Å²) in [5.41, 5.74) is 12.0. The van der Waals surface area contributed by atoms with Crippen molar-refractivity contribution in [2.75, 3.05) is 13.1 Å². The maximum absolute atomic E-state index is 13.5. The van der Waals surface area contributed by atoms with E-state index in [1.165, 1.54) is 25.0 Å². The number of likely N-dealkylation sites (tertiary alicyclic amines) is 1. The molecular weight excluding hydrogens is 493 g/mol. The zero-order valence-corrected chi connectivity index (χ0v) is 22.4. The molecule has 3 aliphatic rings. The minimum absolute atomic E-state index is 0.0118. The topological polar surface area (TPSA) is 85.8 Å². The second kappa shape index (κ2) is 8.61. The normalized spacial score (nSPS) is 22.3. The van der Waals surface area contributed by atoms with Crippen molar-refractivity contribution in [1.29, 1.82) is 0 Å². The summed E-state index contributed by atoms with van der Waals surface area (Å²) in [5.74, 6) is 1.40. The van der Waals surface area contributed by atoms with Gasteiger partial charge in [-0.1, -0.05) is 0 Å². The van der Waals surface area contributed by atoms with Crippen LogP contribution in [0.4, 0.5) is 4.39 Å². The number of hydrogen-bond donors (Lipinski definition) is 1. The standard InChI is InChI=1S/C31H32FN5O2/c1-17-10-20(13-36-16-26(19-4-5-19)35-29(17)36)30(38)37-14-23-24(15-37)28(23)39-27-12-21(31(2,3)33)11-25(34-27)18-6-8-22(32)9-7-18/h6-13,16,19,23-24,28H,4-5,14-15,33H2,1-3H3/t23-,24+,28?. The highest BCUT2D eigenvalue weighted by Gasteiger charge is 2.59. The number of amides is 1. The van der Waals surface area contributed by atoms with Gasteiger partial charge < -0.3 is 19.8 Å². The highest BCUT2D eigenvalue weighted by molar-refractivity contribution is 5.95. The molecule has 3 aromatic heterocycles. The van der Waals surface area contributed by atoms with Crippen molar-refractivity contribution in [3.8, 4) is 17.1 Å². The summed E-state index contributed by atoms with van der Waals surface area (Å²) < 4.78 is 21.9. The first kappa shape index (κ1) is 24.3. The molecule has 7 nitrogen and oxygen atoms in total. The molecule has 2 aliphatic carbocycles. The van der Waals surface area contributed by atoms with Gasteiger partial charge in [0.15, 0.2) is 0 Å². The molecule has 2 saturated carbocycles. The number of nitrogens with zero attached hydrogens (tertiary/aromatic N) is 4.